The van der Waals surface area contributed by atoms with Gasteiger partial charge in [0.2, 0.25) is 5.91 Å². The van der Waals surface area contributed by atoms with Crippen LogP contribution in [0.5, 0.6) is 5.75 Å². The lowest BCUT2D eigenvalue weighted by molar-refractivity contribution is -0.135. The van der Waals surface area contributed by atoms with Gasteiger partial charge in [0.1, 0.15) is 18.9 Å². The Morgan fingerprint density at radius 3 is 2.64 bits per heavy atom. The molecule has 0 bridgehead atoms. The number of urea groups is 1. The van der Waals surface area contributed by atoms with Crippen LogP contribution in [0.2, 0.25) is 10.0 Å². The van der Waals surface area contributed by atoms with Gasteiger partial charge in [-0.15, -0.1) is 11.3 Å². The number of hydrogen-bond donors (Lipinski definition) is 1. The first-order valence-corrected chi connectivity index (χ1v) is 13.7. The molecule has 0 saturated heterocycles. The van der Waals surface area contributed by atoms with Crippen LogP contribution >= 0.6 is 34.5 Å². The summed E-state index contributed by atoms with van der Waals surface area (Å²) in [5.41, 5.74) is 1.72. The molecule has 1 N–H and O–H groups in total. The Hall–Kier alpha value is -2.74. The molecule has 0 spiro atoms. The number of halogens is 2. The lowest BCUT2D eigenvalue weighted by atomic mass is 10.0. The van der Waals surface area contributed by atoms with Gasteiger partial charge >= 0.3 is 6.03 Å². The predicted octanol–water partition coefficient (Wildman–Crippen LogP) is 6.50. The number of thiophene rings is 1. The van der Waals surface area contributed by atoms with E-state index in [4.69, 9.17) is 27.9 Å². The molecule has 2 aromatic carbocycles. The van der Waals surface area contributed by atoms with E-state index in [1.807, 2.05) is 17.0 Å². The smallest absolute Gasteiger partial charge is 0.322 e. The van der Waals surface area contributed by atoms with E-state index >= 15 is 0 Å². The van der Waals surface area contributed by atoms with Gasteiger partial charge in [0.15, 0.2) is 0 Å². The van der Waals surface area contributed by atoms with Crippen molar-refractivity contribution in [3.8, 4) is 5.75 Å². The number of nitrogens with one attached hydrogen (secondary N) is 1. The molecule has 3 aromatic rings. The predicted molar refractivity (Wildman–Crippen MR) is 144 cm³/mol. The first-order chi connectivity index (χ1) is 17.5. The average Bonchev–Trinajstić information content (AvgIpc) is 3.55. The molecule has 36 heavy (non-hydrogen) atoms. The summed E-state index contributed by atoms with van der Waals surface area (Å²) in [4.78, 5) is 31.5. The molecule has 1 aliphatic heterocycles. The van der Waals surface area contributed by atoms with Gasteiger partial charge < -0.3 is 19.9 Å². The minimum Gasteiger partial charge on any atom is -0.491 e. The summed E-state index contributed by atoms with van der Waals surface area (Å²) in [6.07, 6.45) is 2.96. The maximum Gasteiger partial charge on any atom is 0.322 e. The molecule has 188 valence electrons. The Labute approximate surface area is 224 Å². The van der Waals surface area contributed by atoms with Crippen LogP contribution in [0, 0.1) is 5.92 Å². The largest absolute Gasteiger partial charge is 0.491 e. The van der Waals surface area contributed by atoms with Gasteiger partial charge in [-0.3, -0.25) is 4.79 Å². The number of carbonyl (C=O) groups excluding carboxylic acids is 2. The molecule has 1 saturated carbocycles. The minimum atomic E-state index is -0.292. The van der Waals surface area contributed by atoms with Crippen LogP contribution in [0.25, 0.3) is 0 Å². The zero-order chi connectivity index (χ0) is 25.1. The summed E-state index contributed by atoms with van der Waals surface area (Å²) < 4.78 is 6.07. The minimum absolute atomic E-state index is 0.0137. The molecule has 2 aliphatic rings. The standard InChI is InChI=1S/C27H27Cl2N3O3S/c28-19-6-8-22(9-7-19)35-17-24-23-11-13-36-25(23)10-12-32(24)26(33)16-31(15-18-4-5-18)27(34)30-21-3-1-2-20(29)14-21/h1-3,6-9,11,13-14,18,24H,4-5,10,12,15-17H2,(H,30,34). The van der Waals surface area contributed by atoms with Gasteiger partial charge in [-0.25, -0.2) is 4.79 Å². The first-order valence-electron chi connectivity index (χ1n) is 12.0. The first kappa shape index (κ1) is 24.9. The van der Waals surface area contributed by atoms with E-state index in [0.717, 1.165) is 24.8 Å². The summed E-state index contributed by atoms with van der Waals surface area (Å²) in [6.45, 7) is 1.49. The average molecular weight is 545 g/mol. The summed E-state index contributed by atoms with van der Waals surface area (Å²) in [6, 6.07) is 15.8. The van der Waals surface area contributed by atoms with Crippen molar-refractivity contribution in [2.75, 3.05) is 31.6 Å². The van der Waals surface area contributed by atoms with Crippen molar-refractivity contribution in [1.82, 2.24) is 9.80 Å². The van der Waals surface area contributed by atoms with Crippen LogP contribution in [0.15, 0.2) is 60.0 Å². The fourth-order valence-electron chi connectivity index (χ4n) is 4.43. The molecule has 3 amide bonds. The molecule has 1 unspecified atom stereocenters. The molecule has 5 rings (SSSR count). The molecule has 9 heteroatoms. The number of anilines is 1. The second-order valence-electron chi connectivity index (χ2n) is 9.18. The van der Waals surface area contributed by atoms with E-state index in [1.165, 1.54) is 4.88 Å². The monoisotopic (exact) mass is 543 g/mol. The van der Waals surface area contributed by atoms with Gasteiger partial charge in [-0.2, -0.15) is 0 Å². The number of fused-ring (bicyclic) bond motifs is 1. The number of benzene rings is 2. The van der Waals surface area contributed by atoms with Crippen molar-refractivity contribution in [2.24, 2.45) is 5.92 Å². The van der Waals surface area contributed by atoms with Gasteiger partial charge in [0.25, 0.3) is 0 Å². The van der Waals surface area contributed by atoms with E-state index in [9.17, 15) is 9.59 Å². The molecule has 1 aliphatic carbocycles. The third-order valence-electron chi connectivity index (χ3n) is 6.50. The molecular weight excluding hydrogens is 517 g/mol. The van der Waals surface area contributed by atoms with Gasteiger partial charge in [0, 0.05) is 33.7 Å². The Morgan fingerprint density at radius 1 is 1.08 bits per heavy atom. The zero-order valence-electron chi connectivity index (χ0n) is 19.7. The maximum absolute atomic E-state index is 13.6. The SMILES string of the molecule is O=C(Nc1cccc(Cl)c1)N(CC(=O)N1CCc2sccc2C1COc1ccc(Cl)cc1)CC1CC1. The van der Waals surface area contributed by atoms with Crippen molar-refractivity contribution >= 4 is 52.2 Å². The van der Waals surface area contributed by atoms with E-state index < -0.39 is 0 Å². The highest BCUT2D eigenvalue weighted by atomic mass is 35.5. The van der Waals surface area contributed by atoms with Crippen molar-refractivity contribution in [3.63, 3.8) is 0 Å². The van der Waals surface area contributed by atoms with Crippen LogP contribution in [0.3, 0.4) is 0 Å². The van der Waals surface area contributed by atoms with Crippen LogP contribution in [-0.2, 0) is 11.2 Å². The Morgan fingerprint density at radius 2 is 1.89 bits per heavy atom. The lowest BCUT2D eigenvalue weighted by Crippen LogP contribution is -2.49. The van der Waals surface area contributed by atoms with Crippen LogP contribution in [-0.4, -0.2) is 48.0 Å². The highest BCUT2D eigenvalue weighted by molar-refractivity contribution is 7.10. The number of hydrogen-bond acceptors (Lipinski definition) is 4. The van der Waals surface area contributed by atoms with Crippen LogP contribution < -0.4 is 10.1 Å². The highest BCUT2D eigenvalue weighted by Gasteiger charge is 2.35. The summed E-state index contributed by atoms with van der Waals surface area (Å²) in [7, 11) is 0. The van der Waals surface area contributed by atoms with Crippen LogP contribution in [0.1, 0.15) is 29.3 Å². The quantitative estimate of drug-likeness (QED) is 0.352. The second kappa shape index (κ2) is 11.1. The zero-order valence-corrected chi connectivity index (χ0v) is 22.0. The van der Waals surface area contributed by atoms with E-state index in [2.05, 4.69) is 16.8 Å². The normalized spacial score (nSPS) is 16.8. The molecule has 1 fully saturated rings. The van der Waals surface area contributed by atoms with Crippen molar-refractivity contribution in [1.29, 1.82) is 0 Å². The Kier molecular flexibility index (Phi) is 7.70. The fourth-order valence-corrected chi connectivity index (χ4v) is 5.68. The fraction of sp³-hybridized carbons (Fsp3) is 0.333. The third kappa shape index (κ3) is 6.14. The molecule has 1 aromatic heterocycles. The number of nitrogens with zero attached hydrogens (tertiary/aromatic N) is 2. The lowest BCUT2D eigenvalue weighted by Gasteiger charge is -2.37. The van der Waals surface area contributed by atoms with E-state index in [-0.39, 0.29) is 24.5 Å². The Bertz CT molecular complexity index is 1230. The van der Waals surface area contributed by atoms with Crippen molar-refractivity contribution in [2.45, 2.75) is 25.3 Å². The van der Waals surface area contributed by atoms with Gasteiger partial charge in [-0.1, -0.05) is 29.3 Å². The molecule has 0 radical (unpaired) electrons. The third-order valence-corrected chi connectivity index (χ3v) is 7.99. The summed E-state index contributed by atoms with van der Waals surface area (Å²) >= 11 is 13.8. The van der Waals surface area contributed by atoms with E-state index in [1.54, 1.807) is 52.6 Å². The number of amides is 3. The maximum atomic E-state index is 13.6. The molecule has 2 heterocycles. The van der Waals surface area contributed by atoms with E-state index in [0.29, 0.717) is 47.1 Å². The molecular formula is C27H27Cl2N3O3S. The van der Waals surface area contributed by atoms with Crippen molar-refractivity contribution in [3.05, 3.63) is 80.5 Å². The van der Waals surface area contributed by atoms with Gasteiger partial charge in [-0.05, 0) is 84.7 Å². The summed E-state index contributed by atoms with van der Waals surface area (Å²) in [5, 5.41) is 6.14. The number of carbonyl (C=O) groups is 2. The Balaban J connectivity index is 1.30. The second-order valence-corrected chi connectivity index (χ2v) is 11.1. The summed E-state index contributed by atoms with van der Waals surface area (Å²) in [5.74, 6) is 1.06. The molecule has 6 nitrogen and oxygen atoms in total. The number of rotatable bonds is 8. The topological polar surface area (TPSA) is 61.9 Å². The van der Waals surface area contributed by atoms with Crippen molar-refractivity contribution < 1.29 is 14.3 Å². The molecule has 1 atom stereocenters. The highest BCUT2D eigenvalue weighted by Crippen LogP contribution is 2.35. The number of ether oxygens (including phenoxy) is 1. The van der Waals surface area contributed by atoms with Gasteiger partial charge in [0.05, 0.1) is 6.04 Å². The van der Waals surface area contributed by atoms with Crippen LogP contribution in [0.4, 0.5) is 10.5 Å².